The maximum absolute atomic E-state index is 12.8. The standard InChI is InChI=1S/C21H18N4O4S/c1-10-6-7-13-14(8-10)30-19-16(13)18(26)22-15(23-19)9-25-20(27)12-5-3-2-4-11(12)17(24-25)21(28)29/h2-5,10H,6-9H2,1H3,(H,28,29)(H,22,23,26)/p-1/t10-/m1/s1. The fourth-order valence-corrected chi connectivity index (χ4v) is 5.51. The SMILES string of the molecule is C[C@@H]1CCc2c(sc3nc(Cn4nc(C(=O)[O-])c5ccccc5c4=O)[nH]c(=O)c23)C1. The molecule has 1 aliphatic carbocycles. The van der Waals surface area contributed by atoms with Gasteiger partial charge in [0.25, 0.3) is 11.1 Å². The van der Waals surface area contributed by atoms with Crippen LogP contribution in [0.4, 0.5) is 0 Å². The number of hydrogen-bond acceptors (Lipinski definition) is 7. The van der Waals surface area contributed by atoms with E-state index in [9.17, 15) is 19.5 Å². The highest BCUT2D eigenvalue weighted by molar-refractivity contribution is 7.18. The van der Waals surface area contributed by atoms with Crippen LogP contribution in [0.2, 0.25) is 0 Å². The summed E-state index contributed by atoms with van der Waals surface area (Å²) < 4.78 is 1.01. The van der Waals surface area contributed by atoms with Crippen LogP contribution in [0.3, 0.4) is 0 Å². The number of aromatic nitrogens is 4. The van der Waals surface area contributed by atoms with Crippen molar-refractivity contribution in [2.24, 2.45) is 5.92 Å². The number of nitrogens with zero attached hydrogens (tertiary/aromatic N) is 3. The van der Waals surface area contributed by atoms with Crippen LogP contribution in [-0.2, 0) is 19.4 Å². The lowest BCUT2D eigenvalue weighted by Crippen LogP contribution is -2.32. The first-order chi connectivity index (χ1) is 14.4. The second-order valence-corrected chi connectivity index (χ2v) is 8.77. The third-order valence-electron chi connectivity index (χ3n) is 5.58. The van der Waals surface area contributed by atoms with Gasteiger partial charge in [-0.2, -0.15) is 5.10 Å². The lowest BCUT2D eigenvalue weighted by atomic mass is 9.89. The number of carbonyl (C=O) groups excluding carboxylic acids is 1. The Morgan fingerprint density at radius 3 is 2.83 bits per heavy atom. The first kappa shape index (κ1) is 18.7. The Labute approximate surface area is 173 Å². The van der Waals surface area contributed by atoms with Gasteiger partial charge in [-0.15, -0.1) is 11.3 Å². The average Bonchev–Trinajstić information content (AvgIpc) is 3.07. The van der Waals surface area contributed by atoms with Crippen molar-refractivity contribution < 1.29 is 9.90 Å². The van der Waals surface area contributed by atoms with Crippen LogP contribution in [0.15, 0.2) is 33.9 Å². The van der Waals surface area contributed by atoms with E-state index in [0.29, 0.717) is 16.1 Å². The lowest BCUT2D eigenvalue weighted by Gasteiger charge is -2.17. The maximum Gasteiger partial charge on any atom is 0.275 e. The summed E-state index contributed by atoms with van der Waals surface area (Å²) >= 11 is 1.51. The molecule has 8 nitrogen and oxygen atoms in total. The van der Waals surface area contributed by atoms with E-state index >= 15 is 0 Å². The van der Waals surface area contributed by atoms with Crippen molar-refractivity contribution >= 4 is 38.3 Å². The number of rotatable bonds is 3. The fraction of sp³-hybridized carbons (Fsp3) is 0.286. The largest absolute Gasteiger partial charge is 0.543 e. The molecule has 3 heterocycles. The van der Waals surface area contributed by atoms with Crippen molar-refractivity contribution in [2.45, 2.75) is 32.7 Å². The summed E-state index contributed by atoms with van der Waals surface area (Å²) in [4.78, 5) is 46.3. The van der Waals surface area contributed by atoms with Crippen molar-refractivity contribution in [3.8, 4) is 0 Å². The summed E-state index contributed by atoms with van der Waals surface area (Å²) in [6, 6.07) is 6.34. The number of H-pyrrole nitrogens is 1. The molecule has 0 bridgehead atoms. The Hall–Kier alpha value is -3.33. The summed E-state index contributed by atoms with van der Waals surface area (Å²) in [6.45, 7) is 2.05. The molecule has 1 aromatic carbocycles. The highest BCUT2D eigenvalue weighted by Gasteiger charge is 2.23. The molecule has 0 amide bonds. The molecule has 3 aromatic heterocycles. The van der Waals surface area contributed by atoms with Gasteiger partial charge in [0.05, 0.1) is 16.7 Å². The van der Waals surface area contributed by atoms with Crippen LogP contribution in [0, 0.1) is 5.92 Å². The second kappa shape index (κ2) is 6.88. The number of nitrogens with one attached hydrogen (secondary N) is 1. The van der Waals surface area contributed by atoms with Crippen LogP contribution in [0.5, 0.6) is 0 Å². The van der Waals surface area contributed by atoms with E-state index in [1.807, 2.05) is 0 Å². The zero-order valence-electron chi connectivity index (χ0n) is 16.1. The predicted molar refractivity (Wildman–Crippen MR) is 111 cm³/mol. The molecule has 0 spiro atoms. The Bertz CT molecular complexity index is 1450. The molecule has 0 saturated carbocycles. The van der Waals surface area contributed by atoms with Crippen molar-refractivity contribution in [1.82, 2.24) is 19.7 Å². The summed E-state index contributed by atoms with van der Waals surface area (Å²) in [7, 11) is 0. The van der Waals surface area contributed by atoms with E-state index in [1.165, 1.54) is 28.3 Å². The molecule has 4 aromatic rings. The molecule has 30 heavy (non-hydrogen) atoms. The van der Waals surface area contributed by atoms with E-state index < -0.39 is 11.5 Å². The van der Waals surface area contributed by atoms with Crippen LogP contribution >= 0.6 is 11.3 Å². The van der Waals surface area contributed by atoms with Crippen LogP contribution in [0.1, 0.15) is 40.1 Å². The van der Waals surface area contributed by atoms with Crippen molar-refractivity contribution in [3.63, 3.8) is 0 Å². The third kappa shape index (κ3) is 2.93. The lowest BCUT2D eigenvalue weighted by molar-refractivity contribution is -0.255. The number of carbonyl (C=O) groups is 1. The van der Waals surface area contributed by atoms with E-state index in [2.05, 4.69) is 22.0 Å². The summed E-state index contributed by atoms with van der Waals surface area (Å²) in [5, 5.41) is 16.6. The quantitative estimate of drug-likeness (QED) is 0.531. The molecule has 0 aliphatic heterocycles. The van der Waals surface area contributed by atoms with E-state index in [-0.39, 0.29) is 34.4 Å². The average molecular weight is 421 g/mol. The molecule has 0 unspecified atom stereocenters. The monoisotopic (exact) mass is 421 g/mol. The minimum Gasteiger partial charge on any atom is -0.543 e. The Balaban J connectivity index is 1.64. The molecule has 1 N–H and O–H groups in total. The minimum atomic E-state index is -1.48. The molecule has 0 fully saturated rings. The van der Waals surface area contributed by atoms with Gasteiger partial charge in [-0.1, -0.05) is 25.1 Å². The number of fused-ring (bicyclic) bond motifs is 4. The fourth-order valence-electron chi connectivity index (χ4n) is 4.10. The predicted octanol–water partition coefficient (Wildman–Crippen LogP) is 1.23. The van der Waals surface area contributed by atoms with E-state index in [4.69, 9.17) is 0 Å². The van der Waals surface area contributed by atoms with E-state index in [1.54, 1.807) is 12.1 Å². The van der Waals surface area contributed by atoms with Gasteiger partial charge >= 0.3 is 0 Å². The zero-order chi connectivity index (χ0) is 21.0. The van der Waals surface area contributed by atoms with Gasteiger partial charge < -0.3 is 14.9 Å². The van der Waals surface area contributed by atoms with Crippen LogP contribution in [0.25, 0.3) is 21.0 Å². The second-order valence-electron chi connectivity index (χ2n) is 7.69. The number of benzene rings is 1. The molecule has 152 valence electrons. The molecule has 9 heteroatoms. The molecule has 0 radical (unpaired) electrons. The number of aromatic amines is 1. The van der Waals surface area contributed by atoms with Gasteiger partial charge in [-0.3, -0.25) is 9.59 Å². The number of carboxylic acids is 1. The summed E-state index contributed by atoms with van der Waals surface area (Å²) in [5.74, 6) is -0.641. The highest BCUT2D eigenvalue weighted by atomic mass is 32.1. The number of aryl methyl sites for hydroxylation is 1. The number of thiophene rings is 1. The van der Waals surface area contributed by atoms with Crippen LogP contribution < -0.4 is 16.2 Å². The minimum absolute atomic E-state index is 0.145. The van der Waals surface area contributed by atoms with Crippen LogP contribution in [-0.4, -0.2) is 25.7 Å². The number of aromatic carboxylic acids is 1. The Kier molecular flexibility index (Phi) is 4.28. The topological polar surface area (TPSA) is 121 Å². The van der Waals surface area contributed by atoms with Gasteiger partial charge in [0.15, 0.2) is 0 Å². The van der Waals surface area contributed by atoms with Gasteiger partial charge in [-0.05, 0) is 36.8 Å². The molecule has 1 aliphatic rings. The molecular weight excluding hydrogens is 404 g/mol. The summed E-state index contributed by atoms with van der Waals surface area (Å²) in [6.07, 6.45) is 2.84. The van der Waals surface area contributed by atoms with Gasteiger partial charge in [0.2, 0.25) is 0 Å². The van der Waals surface area contributed by atoms with Crippen molar-refractivity contribution in [3.05, 3.63) is 66.9 Å². The van der Waals surface area contributed by atoms with Gasteiger partial charge in [0.1, 0.15) is 22.9 Å². The third-order valence-corrected chi connectivity index (χ3v) is 6.72. The molecule has 5 rings (SSSR count). The Morgan fingerprint density at radius 1 is 1.30 bits per heavy atom. The van der Waals surface area contributed by atoms with Gasteiger partial charge in [-0.25, -0.2) is 9.67 Å². The summed E-state index contributed by atoms with van der Waals surface area (Å²) in [5.41, 5.74) is 0.0523. The molecule has 0 saturated heterocycles. The van der Waals surface area contributed by atoms with Crippen molar-refractivity contribution in [2.75, 3.05) is 0 Å². The first-order valence-electron chi connectivity index (χ1n) is 9.67. The molecular formula is C21H17N4O4S-. The smallest absolute Gasteiger partial charge is 0.275 e. The van der Waals surface area contributed by atoms with Crippen molar-refractivity contribution in [1.29, 1.82) is 0 Å². The highest BCUT2D eigenvalue weighted by Crippen LogP contribution is 2.35. The first-order valence-corrected chi connectivity index (χ1v) is 10.5. The Morgan fingerprint density at radius 2 is 2.07 bits per heavy atom. The zero-order valence-corrected chi connectivity index (χ0v) is 16.9. The van der Waals surface area contributed by atoms with E-state index in [0.717, 1.165) is 29.5 Å². The maximum atomic E-state index is 12.8. The van der Waals surface area contributed by atoms with Gasteiger partial charge in [0, 0.05) is 10.3 Å². The normalized spacial score (nSPS) is 16.1. The number of carboxylic acid groups (broad SMARTS) is 1. The number of hydrogen-bond donors (Lipinski definition) is 1. The molecule has 1 atom stereocenters.